The van der Waals surface area contributed by atoms with E-state index in [-0.39, 0.29) is 11.8 Å². The van der Waals surface area contributed by atoms with Gasteiger partial charge in [-0.2, -0.15) is 5.10 Å². The Labute approximate surface area is 157 Å². The molecular weight excluding hydrogens is 348 g/mol. The topological polar surface area (TPSA) is 67.2 Å². The van der Waals surface area contributed by atoms with E-state index in [1.54, 1.807) is 10.9 Å². The van der Waals surface area contributed by atoms with Crippen LogP contribution >= 0.6 is 11.3 Å². The third-order valence-corrected chi connectivity index (χ3v) is 6.43. The van der Waals surface area contributed by atoms with Crippen molar-refractivity contribution in [2.45, 2.75) is 38.1 Å². The number of piperidine rings is 1. The van der Waals surface area contributed by atoms with Crippen molar-refractivity contribution in [1.29, 1.82) is 0 Å². The molecule has 1 aliphatic heterocycles. The van der Waals surface area contributed by atoms with Crippen molar-refractivity contribution < 1.29 is 9.59 Å². The highest BCUT2D eigenvalue weighted by molar-refractivity contribution is 7.13. The van der Waals surface area contributed by atoms with Gasteiger partial charge in [-0.1, -0.05) is 0 Å². The molecule has 0 unspecified atom stereocenters. The lowest BCUT2D eigenvalue weighted by atomic mass is 9.86. The van der Waals surface area contributed by atoms with E-state index in [1.807, 2.05) is 36.2 Å². The SMILES string of the molecule is Cc1ccc(C(=O)N2CCC(C(=O)NCC3CC3)(n3cccn3)CC2)s1. The minimum absolute atomic E-state index is 0.0344. The number of carbonyl (C=O) groups is 2. The van der Waals surface area contributed by atoms with Gasteiger partial charge in [0.2, 0.25) is 5.91 Å². The number of aryl methyl sites for hydroxylation is 1. The molecule has 6 nitrogen and oxygen atoms in total. The van der Waals surface area contributed by atoms with Crippen molar-refractivity contribution >= 4 is 23.2 Å². The molecule has 0 spiro atoms. The van der Waals surface area contributed by atoms with E-state index in [0.29, 0.717) is 31.8 Å². The predicted octanol–water partition coefficient (Wildman–Crippen LogP) is 2.41. The lowest BCUT2D eigenvalue weighted by molar-refractivity contribution is -0.133. The summed E-state index contributed by atoms with van der Waals surface area (Å²) in [5.41, 5.74) is -0.694. The fourth-order valence-electron chi connectivity index (χ4n) is 3.59. The van der Waals surface area contributed by atoms with E-state index in [1.165, 1.54) is 24.2 Å². The smallest absolute Gasteiger partial charge is 0.263 e. The molecule has 2 aromatic heterocycles. The summed E-state index contributed by atoms with van der Waals surface area (Å²) >= 11 is 1.52. The molecule has 0 aromatic carbocycles. The number of aromatic nitrogens is 2. The number of nitrogens with one attached hydrogen (secondary N) is 1. The zero-order chi connectivity index (χ0) is 18.1. The second-order valence-corrected chi connectivity index (χ2v) is 8.63. The van der Waals surface area contributed by atoms with E-state index in [0.717, 1.165) is 16.3 Å². The average Bonchev–Trinajstić information content (AvgIpc) is 3.12. The normalized spacial score (nSPS) is 19.3. The number of nitrogens with zero attached hydrogens (tertiary/aromatic N) is 3. The van der Waals surface area contributed by atoms with Gasteiger partial charge in [-0.3, -0.25) is 14.3 Å². The van der Waals surface area contributed by atoms with Crippen LogP contribution < -0.4 is 5.32 Å². The maximum Gasteiger partial charge on any atom is 0.263 e. The molecule has 1 N–H and O–H groups in total. The van der Waals surface area contributed by atoms with Crippen LogP contribution in [0.4, 0.5) is 0 Å². The van der Waals surface area contributed by atoms with E-state index >= 15 is 0 Å². The van der Waals surface area contributed by atoms with Crippen LogP contribution in [-0.4, -0.2) is 46.1 Å². The molecule has 3 heterocycles. The lowest BCUT2D eigenvalue weighted by Crippen LogP contribution is -2.56. The molecule has 2 amide bonds. The third-order valence-electron chi connectivity index (χ3n) is 5.44. The number of thiophene rings is 1. The van der Waals surface area contributed by atoms with Crippen LogP contribution in [0, 0.1) is 12.8 Å². The van der Waals surface area contributed by atoms with Gasteiger partial charge < -0.3 is 10.2 Å². The van der Waals surface area contributed by atoms with Crippen molar-refractivity contribution in [2.75, 3.05) is 19.6 Å². The predicted molar refractivity (Wildman–Crippen MR) is 100 cm³/mol. The molecule has 138 valence electrons. The first-order chi connectivity index (χ1) is 12.6. The Kier molecular flexibility index (Phi) is 4.56. The fraction of sp³-hybridized carbons (Fsp3) is 0.526. The van der Waals surface area contributed by atoms with Crippen molar-refractivity contribution in [3.05, 3.63) is 40.3 Å². The van der Waals surface area contributed by atoms with E-state index in [9.17, 15) is 9.59 Å². The zero-order valence-electron chi connectivity index (χ0n) is 15.0. The fourth-order valence-corrected chi connectivity index (χ4v) is 4.43. The Morgan fingerprint density at radius 3 is 2.65 bits per heavy atom. The quantitative estimate of drug-likeness (QED) is 0.876. The Morgan fingerprint density at radius 1 is 1.31 bits per heavy atom. The van der Waals surface area contributed by atoms with E-state index in [4.69, 9.17) is 0 Å². The maximum absolute atomic E-state index is 13.0. The second kappa shape index (κ2) is 6.87. The molecule has 0 atom stereocenters. The van der Waals surface area contributed by atoms with Crippen LogP contribution in [0.2, 0.25) is 0 Å². The first kappa shape index (κ1) is 17.3. The summed E-state index contributed by atoms with van der Waals surface area (Å²) in [6, 6.07) is 5.71. The first-order valence-electron chi connectivity index (χ1n) is 9.23. The Balaban J connectivity index is 1.48. The van der Waals surface area contributed by atoms with Gasteiger partial charge in [-0.05, 0) is 56.7 Å². The molecule has 7 heteroatoms. The highest BCUT2D eigenvalue weighted by Gasteiger charge is 2.45. The van der Waals surface area contributed by atoms with Gasteiger partial charge in [0, 0.05) is 36.9 Å². The van der Waals surface area contributed by atoms with Crippen LogP contribution in [0.5, 0.6) is 0 Å². The summed E-state index contributed by atoms with van der Waals surface area (Å²) in [5, 5.41) is 7.48. The average molecular weight is 372 g/mol. The van der Waals surface area contributed by atoms with Gasteiger partial charge in [0.1, 0.15) is 5.54 Å². The number of likely N-dealkylation sites (tertiary alicyclic amines) is 1. The summed E-state index contributed by atoms with van der Waals surface area (Å²) in [6.45, 7) is 3.88. The van der Waals surface area contributed by atoms with Gasteiger partial charge in [0.05, 0.1) is 4.88 Å². The van der Waals surface area contributed by atoms with Crippen LogP contribution in [-0.2, 0) is 10.3 Å². The van der Waals surface area contributed by atoms with E-state index < -0.39 is 5.54 Å². The molecule has 1 saturated carbocycles. The number of amides is 2. The molecule has 4 rings (SSSR count). The van der Waals surface area contributed by atoms with Crippen molar-refractivity contribution in [3.63, 3.8) is 0 Å². The maximum atomic E-state index is 13.0. The zero-order valence-corrected chi connectivity index (χ0v) is 15.8. The number of hydrogen-bond donors (Lipinski definition) is 1. The number of carbonyl (C=O) groups excluding carboxylic acids is 2. The minimum atomic E-state index is -0.694. The summed E-state index contributed by atoms with van der Waals surface area (Å²) in [5.74, 6) is 0.736. The summed E-state index contributed by atoms with van der Waals surface area (Å²) in [7, 11) is 0. The largest absolute Gasteiger partial charge is 0.354 e. The standard InChI is InChI=1S/C19H24N4O2S/c1-14-3-6-16(26-14)17(24)22-11-7-19(8-12-22,23-10-2-9-21-23)18(25)20-13-15-4-5-15/h2-3,6,9-10,15H,4-5,7-8,11-13H2,1H3,(H,20,25). The van der Waals surface area contributed by atoms with Gasteiger partial charge in [-0.15, -0.1) is 11.3 Å². The van der Waals surface area contributed by atoms with Gasteiger partial charge in [0.15, 0.2) is 0 Å². The molecule has 2 aliphatic rings. The Hall–Kier alpha value is -2.15. The Morgan fingerprint density at radius 2 is 2.08 bits per heavy atom. The Bertz CT molecular complexity index is 786. The molecule has 0 radical (unpaired) electrons. The number of rotatable bonds is 5. The van der Waals surface area contributed by atoms with Crippen molar-refractivity contribution in [3.8, 4) is 0 Å². The molecular formula is C19H24N4O2S. The molecule has 2 aromatic rings. The lowest BCUT2D eigenvalue weighted by Gasteiger charge is -2.40. The molecule has 1 saturated heterocycles. The minimum Gasteiger partial charge on any atom is -0.354 e. The van der Waals surface area contributed by atoms with Crippen LogP contribution in [0.25, 0.3) is 0 Å². The van der Waals surface area contributed by atoms with Crippen molar-refractivity contribution in [2.24, 2.45) is 5.92 Å². The molecule has 26 heavy (non-hydrogen) atoms. The highest BCUT2D eigenvalue weighted by atomic mass is 32.1. The molecule has 0 bridgehead atoms. The third kappa shape index (κ3) is 3.28. The second-order valence-electron chi connectivity index (χ2n) is 7.34. The summed E-state index contributed by atoms with van der Waals surface area (Å²) in [6.07, 6.45) is 7.15. The molecule has 1 aliphatic carbocycles. The van der Waals surface area contributed by atoms with Crippen LogP contribution in [0.1, 0.15) is 40.2 Å². The van der Waals surface area contributed by atoms with Crippen LogP contribution in [0.3, 0.4) is 0 Å². The molecule has 2 fully saturated rings. The van der Waals surface area contributed by atoms with Gasteiger partial charge in [0.25, 0.3) is 5.91 Å². The van der Waals surface area contributed by atoms with E-state index in [2.05, 4.69) is 10.4 Å². The van der Waals surface area contributed by atoms with Crippen LogP contribution in [0.15, 0.2) is 30.6 Å². The highest BCUT2D eigenvalue weighted by Crippen LogP contribution is 2.33. The first-order valence-corrected chi connectivity index (χ1v) is 10.0. The van der Waals surface area contributed by atoms with Crippen molar-refractivity contribution in [1.82, 2.24) is 20.0 Å². The summed E-state index contributed by atoms with van der Waals surface area (Å²) < 4.78 is 1.78. The van der Waals surface area contributed by atoms with Gasteiger partial charge in [-0.25, -0.2) is 0 Å². The number of hydrogen-bond acceptors (Lipinski definition) is 4. The van der Waals surface area contributed by atoms with Gasteiger partial charge >= 0.3 is 0 Å². The summed E-state index contributed by atoms with van der Waals surface area (Å²) in [4.78, 5) is 29.5. The monoisotopic (exact) mass is 372 g/mol.